The van der Waals surface area contributed by atoms with Crippen LogP contribution >= 0.6 is 11.3 Å². The first kappa shape index (κ1) is 24.7. The van der Waals surface area contributed by atoms with E-state index < -0.39 is 21.7 Å². The van der Waals surface area contributed by atoms with Gasteiger partial charge in [0.2, 0.25) is 5.91 Å². The van der Waals surface area contributed by atoms with Crippen LogP contribution in [0.5, 0.6) is 0 Å². The van der Waals surface area contributed by atoms with Gasteiger partial charge in [0.15, 0.2) is 15.0 Å². The molecular formula is C20H27FN4O4S2. The normalized spacial score (nSPS) is 11.8. The van der Waals surface area contributed by atoms with Crippen molar-refractivity contribution in [3.05, 3.63) is 29.7 Å². The molecule has 3 amide bonds. The quantitative estimate of drug-likeness (QED) is 0.574. The number of sulfone groups is 1. The maximum absolute atomic E-state index is 14.2. The van der Waals surface area contributed by atoms with E-state index in [0.717, 1.165) is 23.7 Å². The van der Waals surface area contributed by atoms with Crippen molar-refractivity contribution in [2.24, 2.45) is 5.41 Å². The minimum Gasteiger partial charge on any atom is -0.356 e. The number of aryl methyl sites for hydroxylation is 1. The lowest BCUT2D eigenvalue weighted by Gasteiger charge is -2.18. The van der Waals surface area contributed by atoms with Gasteiger partial charge in [0, 0.05) is 25.8 Å². The van der Waals surface area contributed by atoms with Crippen molar-refractivity contribution in [3.63, 3.8) is 0 Å². The topological polar surface area (TPSA) is 117 Å². The average Bonchev–Trinajstić information content (AvgIpc) is 2.98. The molecule has 31 heavy (non-hydrogen) atoms. The van der Waals surface area contributed by atoms with Crippen LogP contribution < -0.4 is 16.0 Å². The van der Waals surface area contributed by atoms with Crippen LogP contribution in [0.15, 0.2) is 23.1 Å². The molecule has 2 rings (SSSR count). The number of rotatable bonds is 7. The van der Waals surface area contributed by atoms with E-state index in [-0.39, 0.29) is 29.2 Å². The zero-order valence-electron chi connectivity index (χ0n) is 18.1. The Balaban J connectivity index is 1.95. The number of halogens is 1. The van der Waals surface area contributed by atoms with Gasteiger partial charge in [-0.25, -0.2) is 22.6 Å². The van der Waals surface area contributed by atoms with Crippen molar-refractivity contribution < 1.29 is 22.4 Å². The van der Waals surface area contributed by atoms with Gasteiger partial charge < -0.3 is 10.6 Å². The molecule has 1 heterocycles. The van der Waals surface area contributed by atoms with Gasteiger partial charge in [0.1, 0.15) is 10.7 Å². The third kappa shape index (κ3) is 7.59. The highest BCUT2D eigenvalue weighted by molar-refractivity contribution is 7.90. The highest BCUT2D eigenvalue weighted by atomic mass is 32.2. The van der Waals surface area contributed by atoms with Crippen molar-refractivity contribution in [1.29, 1.82) is 0 Å². The van der Waals surface area contributed by atoms with E-state index in [2.05, 4.69) is 20.9 Å². The van der Waals surface area contributed by atoms with Crippen molar-refractivity contribution in [2.45, 2.75) is 39.0 Å². The number of thiazole rings is 1. The van der Waals surface area contributed by atoms with Crippen LogP contribution in [0.25, 0.3) is 10.4 Å². The van der Waals surface area contributed by atoms with Gasteiger partial charge in [0.25, 0.3) is 0 Å². The molecular weight excluding hydrogens is 443 g/mol. The van der Waals surface area contributed by atoms with Crippen LogP contribution in [0.4, 0.5) is 14.3 Å². The Morgan fingerprint density at radius 3 is 2.45 bits per heavy atom. The van der Waals surface area contributed by atoms with Crippen molar-refractivity contribution >= 4 is 38.2 Å². The second-order valence-corrected chi connectivity index (χ2v) is 11.3. The second kappa shape index (κ2) is 9.73. The number of nitrogens with one attached hydrogen (secondary N) is 3. The summed E-state index contributed by atoms with van der Waals surface area (Å²) >= 11 is 1.14. The number of nitrogens with zero attached hydrogens (tertiary/aromatic N) is 1. The lowest BCUT2D eigenvalue weighted by Crippen LogP contribution is -2.36. The molecule has 0 unspecified atom stereocenters. The number of carbonyl (C=O) groups is 2. The molecule has 1 aromatic carbocycles. The van der Waals surface area contributed by atoms with Crippen LogP contribution in [0.1, 0.15) is 32.9 Å². The number of urea groups is 1. The number of carbonyl (C=O) groups excluding carboxylic acids is 2. The smallest absolute Gasteiger partial charge is 0.321 e. The molecule has 1 aromatic heterocycles. The van der Waals surface area contributed by atoms with Crippen LogP contribution in [-0.2, 0) is 14.6 Å². The Morgan fingerprint density at radius 1 is 1.19 bits per heavy atom. The maximum atomic E-state index is 14.2. The Kier molecular flexibility index (Phi) is 7.77. The van der Waals surface area contributed by atoms with E-state index in [1.807, 2.05) is 20.8 Å². The predicted molar refractivity (Wildman–Crippen MR) is 119 cm³/mol. The fraction of sp³-hybridized carbons (Fsp3) is 0.450. The third-order valence-electron chi connectivity index (χ3n) is 4.06. The summed E-state index contributed by atoms with van der Waals surface area (Å²) < 4.78 is 37.3. The van der Waals surface area contributed by atoms with Gasteiger partial charge in [-0.2, -0.15) is 0 Å². The molecule has 11 heteroatoms. The highest BCUT2D eigenvalue weighted by Crippen LogP contribution is 2.34. The van der Waals surface area contributed by atoms with E-state index in [0.29, 0.717) is 27.8 Å². The van der Waals surface area contributed by atoms with E-state index in [1.54, 1.807) is 6.92 Å². The summed E-state index contributed by atoms with van der Waals surface area (Å²) in [5.74, 6) is -0.994. The first-order chi connectivity index (χ1) is 14.3. The molecule has 0 aliphatic heterocycles. The molecule has 0 bridgehead atoms. The molecule has 0 atom stereocenters. The number of anilines is 1. The Bertz CT molecular complexity index is 1080. The van der Waals surface area contributed by atoms with Gasteiger partial charge in [-0.3, -0.25) is 10.1 Å². The highest BCUT2D eigenvalue weighted by Gasteiger charge is 2.18. The number of aromatic nitrogens is 1. The molecule has 170 valence electrons. The molecule has 0 aliphatic rings. The summed E-state index contributed by atoms with van der Waals surface area (Å²) in [6.45, 7) is 8.45. The van der Waals surface area contributed by atoms with Gasteiger partial charge in [-0.1, -0.05) is 38.2 Å². The zero-order chi connectivity index (χ0) is 23.4. The van der Waals surface area contributed by atoms with Crippen molar-refractivity contribution in [1.82, 2.24) is 15.6 Å². The van der Waals surface area contributed by atoms with Crippen molar-refractivity contribution in [3.8, 4) is 10.4 Å². The maximum Gasteiger partial charge on any atom is 0.321 e. The van der Waals surface area contributed by atoms with Gasteiger partial charge >= 0.3 is 6.03 Å². The summed E-state index contributed by atoms with van der Waals surface area (Å²) in [6, 6.07) is 3.34. The Labute approximate surface area is 185 Å². The largest absolute Gasteiger partial charge is 0.356 e. The summed E-state index contributed by atoms with van der Waals surface area (Å²) in [4.78, 5) is 28.3. The predicted octanol–water partition coefficient (Wildman–Crippen LogP) is 3.34. The van der Waals surface area contributed by atoms with Crippen LogP contribution in [-0.4, -0.2) is 44.7 Å². The van der Waals surface area contributed by atoms with E-state index >= 15 is 0 Å². The number of amides is 3. The fourth-order valence-corrected chi connectivity index (χ4v) is 4.23. The lowest BCUT2D eigenvalue weighted by atomic mass is 9.97. The molecule has 0 fully saturated rings. The molecule has 0 radical (unpaired) electrons. The minimum atomic E-state index is -3.66. The Hall–Kier alpha value is -2.53. The van der Waals surface area contributed by atoms with Crippen LogP contribution in [0.2, 0.25) is 0 Å². The van der Waals surface area contributed by atoms with Crippen LogP contribution in [0, 0.1) is 18.2 Å². The summed E-state index contributed by atoms with van der Waals surface area (Å²) in [5.41, 5.74) is 1.01. The average molecular weight is 471 g/mol. The van der Waals surface area contributed by atoms with Gasteiger partial charge in [-0.05, 0) is 30.0 Å². The molecule has 0 aliphatic carbocycles. The summed E-state index contributed by atoms with van der Waals surface area (Å²) in [6.07, 6.45) is 1.09. The summed E-state index contributed by atoms with van der Waals surface area (Å²) in [5, 5.41) is 8.28. The summed E-state index contributed by atoms with van der Waals surface area (Å²) in [7, 11) is -3.66. The molecule has 0 saturated carbocycles. The second-order valence-electron chi connectivity index (χ2n) is 8.32. The van der Waals surface area contributed by atoms with Gasteiger partial charge in [-0.15, -0.1) is 0 Å². The minimum absolute atomic E-state index is 0.0189. The van der Waals surface area contributed by atoms with E-state index in [1.165, 1.54) is 12.1 Å². The molecule has 0 saturated heterocycles. The SMILES string of the molecule is Cc1nc(NC(=O)NCCC(=O)NCC(C)(C)C)sc1-c1ccc(S(C)(=O)=O)c(F)c1. The van der Waals surface area contributed by atoms with Gasteiger partial charge in [0.05, 0.1) is 10.6 Å². The first-order valence-electron chi connectivity index (χ1n) is 9.55. The zero-order valence-corrected chi connectivity index (χ0v) is 19.8. The molecule has 3 N–H and O–H groups in total. The van der Waals surface area contributed by atoms with E-state index in [4.69, 9.17) is 0 Å². The molecule has 8 nitrogen and oxygen atoms in total. The number of hydrogen-bond donors (Lipinski definition) is 3. The number of benzene rings is 1. The van der Waals surface area contributed by atoms with Crippen LogP contribution in [0.3, 0.4) is 0 Å². The first-order valence-corrected chi connectivity index (χ1v) is 12.3. The number of hydrogen-bond acceptors (Lipinski definition) is 6. The van der Waals surface area contributed by atoms with E-state index in [9.17, 15) is 22.4 Å². The Morgan fingerprint density at radius 2 is 1.87 bits per heavy atom. The molecule has 2 aromatic rings. The lowest BCUT2D eigenvalue weighted by molar-refractivity contribution is -0.121. The fourth-order valence-electron chi connectivity index (χ4n) is 2.54. The van der Waals surface area contributed by atoms with Crippen molar-refractivity contribution in [2.75, 3.05) is 24.7 Å². The monoisotopic (exact) mass is 470 g/mol. The molecule has 0 spiro atoms. The third-order valence-corrected chi connectivity index (χ3v) is 6.32. The standard InChI is InChI=1S/C20H27FN4O4S2/c1-12-17(13-6-7-15(14(21)10-13)31(5,28)29)30-19(24-12)25-18(27)22-9-8-16(26)23-11-20(2,3)4/h6-7,10H,8-9,11H2,1-5H3,(H,23,26)(H2,22,24,25,27).